The normalized spacial score (nSPS) is 46.6. The minimum absolute atomic E-state index is 0.857. The van der Waals surface area contributed by atoms with Crippen LogP contribution in [0.3, 0.4) is 0 Å². The van der Waals surface area contributed by atoms with E-state index >= 15 is 0 Å². The van der Waals surface area contributed by atoms with Crippen LogP contribution in [0, 0.1) is 59.2 Å². The van der Waals surface area contributed by atoms with E-state index in [0.717, 1.165) is 65.2 Å². The van der Waals surface area contributed by atoms with E-state index in [1.165, 1.54) is 96.4 Å². The monoisotopic (exact) mass is 517 g/mol. The highest BCUT2D eigenvalue weighted by Gasteiger charge is 2.40. The van der Waals surface area contributed by atoms with Gasteiger partial charge in [-0.1, -0.05) is 68.7 Å². The van der Waals surface area contributed by atoms with Crippen molar-refractivity contribution in [3.05, 3.63) is 23.8 Å². The molecule has 1 N–H and O–H groups in total. The van der Waals surface area contributed by atoms with Crippen molar-refractivity contribution in [2.45, 2.75) is 141 Å². The Balaban J connectivity index is 0.898. The highest BCUT2D eigenvalue weighted by atomic mass is 14.9. The maximum absolute atomic E-state index is 3.97. The summed E-state index contributed by atoms with van der Waals surface area (Å²) in [4.78, 5) is 0. The van der Waals surface area contributed by atoms with Crippen LogP contribution in [0.1, 0.15) is 135 Å². The molecule has 10 unspecified atom stereocenters. The molecule has 0 bridgehead atoms. The van der Waals surface area contributed by atoms with Gasteiger partial charge in [-0.05, 0) is 156 Å². The van der Waals surface area contributed by atoms with Crippen molar-refractivity contribution < 1.29 is 0 Å². The van der Waals surface area contributed by atoms with Crippen LogP contribution in [0.5, 0.6) is 0 Å². The SMILES string of the molecule is C1=CC(C2CNC3CCCCC3C2)CCC1C1CC=C(C2CCC3CCC(C4CCCCC4)CC3C2)CC1. The topological polar surface area (TPSA) is 12.0 Å². The molecule has 7 aliphatic rings. The Labute approximate surface area is 235 Å². The highest BCUT2D eigenvalue weighted by molar-refractivity contribution is 5.15. The summed E-state index contributed by atoms with van der Waals surface area (Å²) in [5.74, 6) is 9.87. The molecule has 0 spiro atoms. The Hall–Kier alpha value is -0.560. The zero-order valence-corrected chi connectivity index (χ0v) is 24.6. The summed E-state index contributed by atoms with van der Waals surface area (Å²) in [5, 5.41) is 3.97. The molecule has 0 aromatic heterocycles. The van der Waals surface area contributed by atoms with Crippen molar-refractivity contribution in [2.24, 2.45) is 59.2 Å². The minimum atomic E-state index is 0.857. The lowest BCUT2D eigenvalue weighted by atomic mass is 9.60. The molecule has 0 aromatic rings. The van der Waals surface area contributed by atoms with Crippen molar-refractivity contribution in [3.63, 3.8) is 0 Å². The fourth-order valence-corrected chi connectivity index (χ4v) is 11.4. The second-order valence-electron chi connectivity index (χ2n) is 15.7. The molecule has 0 radical (unpaired) electrons. The van der Waals surface area contributed by atoms with E-state index in [2.05, 4.69) is 23.5 Å². The standard InChI is InChI=1S/C37H59N/c1-2-6-26(7-3-1)32-20-18-30-19-21-33(23-35(30)22-32)29-14-10-27(11-15-29)28-12-16-31(17-13-28)36-24-34-8-4-5-9-37(34)38-25-36/h12,14,16,26-28,30-38H,1-11,13,15,17-25H2. The third-order valence-corrected chi connectivity index (χ3v) is 13.8. The lowest BCUT2D eigenvalue weighted by Crippen LogP contribution is -2.48. The van der Waals surface area contributed by atoms with E-state index < -0.39 is 0 Å². The lowest BCUT2D eigenvalue weighted by Gasteiger charge is -2.46. The largest absolute Gasteiger partial charge is 0.313 e. The number of piperidine rings is 1. The number of fused-ring (bicyclic) bond motifs is 2. The molecule has 1 heterocycles. The summed E-state index contributed by atoms with van der Waals surface area (Å²) in [6.45, 7) is 1.29. The molecule has 212 valence electrons. The van der Waals surface area contributed by atoms with Gasteiger partial charge >= 0.3 is 0 Å². The molecule has 1 aliphatic heterocycles. The summed E-state index contributed by atoms with van der Waals surface area (Å²) in [6, 6.07) is 0.857. The van der Waals surface area contributed by atoms with Gasteiger partial charge in [0.25, 0.3) is 0 Å². The van der Waals surface area contributed by atoms with Gasteiger partial charge in [0.2, 0.25) is 0 Å². The van der Waals surface area contributed by atoms with Crippen LogP contribution in [0.2, 0.25) is 0 Å². The number of nitrogens with one attached hydrogen (secondary N) is 1. The van der Waals surface area contributed by atoms with Crippen molar-refractivity contribution in [3.8, 4) is 0 Å². The van der Waals surface area contributed by atoms with Gasteiger partial charge in [0.15, 0.2) is 0 Å². The van der Waals surface area contributed by atoms with Crippen LogP contribution in [0.25, 0.3) is 0 Å². The molecule has 0 amide bonds. The maximum Gasteiger partial charge on any atom is 0.00955 e. The molecule has 1 heteroatoms. The molecule has 0 aromatic carbocycles. The number of allylic oxidation sites excluding steroid dienone is 4. The van der Waals surface area contributed by atoms with Gasteiger partial charge in [-0.3, -0.25) is 0 Å². The predicted octanol–water partition coefficient (Wildman–Crippen LogP) is 9.88. The Bertz CT molecular complexity index is 834. The summed E-state index contributed by atoms with van der Waals surface area (Å²) in [5.41, 5.74) is 1.91. The van der Waals surface area contributed by atoms with E-state index in [4.69, 9.17) is 0 Å². The van der Waals surface area contributed by atoms with Gasteiger partial charge < -0.3 is 5.32 Å². The van der Waals surface area contributed by atoms with E-state index in [9.17, 15) is 0 Å². The zero-order chi connectivity index (χ0) is 25.3. The molecule has 4 saturated carbocycles. The van der Waals surface area contributed by atoms with Crippen LogP contribution < -0.4 is 5.32 Å². The van der Waals surface area contributed by atoms with E-state index in [0.29, 0.717) is 0 Å². The molecule has 1 saturated heterocycles. The first-order valence-electron chi connectivity index (χ1n) is 17.9. The third-order valence-electron chi connectivity index (χ3n) is 13.8. The Morgan fingerprint density at radius 3 is 2.00 bits per heavy atom. The van der Waals surface area contributed by atoms with Gasteiger partial charge in [-0.25, -0.2) is 0 Å². The van der Waals surface area contributed by atoms with Crippen LogP contribution in [0.4, 0.5) is 0 Å². The van der Waals surface area contributed by atoms with E-state index in [1.54, 1.807) is 44.9 Å². The Morgan fingerprint density at radius 1 is 0.500 bits per heavy atom. The quantitative estimate of drug-likeness (QED) is 0.366. The molecule has 38 heavy (non-hydrogen) atoms. The zero-order valence-electron chi connectivity index (χ0n) is 24.6. The fraction of sp³-hybridized carbons (Fsp3) is 0.892. The van der Waals surface area contributed by atoms with Crippen molar-refractivity contribution in [2.75, 3.05) is 6.54 Å². The summed E-state index contributed by atoms with van der Waals surface area (Å²) in [7, 11) is 0. The molecular formula is C37H59N. The van der Waals surface area contributed by atoms with Crippen LogP contribution in [0.15, 0.2) is 23.8 Å². The van der Waals surface area contributed by atoms with Gasteiger partial charge in [0, 0.05) is 6.04 Å². The van der Waals surface area contributed by atoms with Gasteiger partial charge in [0.05, 0.1) is 0 Å². The van der Waals surface area contributed by atoms with Crippen molar-refractivity contribution in [1.82, 2.24) is 5.32 Å². The average molecular weight is 518 g/mol. The van der Waals surface area contributed by atoms with E-state index in [-0.39, 0.29) is 0 Å². The second-order valence-corrected chi connectivity index (χ2v) is 15.7. The molecular weight excluding hydrogens is 458 g/mol. The smallest absolute Gasteiger partial charge is 0.00955 e. The minimum Gasteiger partial charge on any atom is -0.313 e. The second kappa shape index (κ2) is 12.1. The van der Waals surface area contributed by atoms with Crippen LogP contribution in [-0.4, -0.2) is 12.6 Å². The third kappa shape index (κ3) is 5.76. The molecule has 7 rings (SSSR count). The molecule has 5 fully saturated rings. The lowest BCUT2D eigenvalue weighted by molar-refractivity contribution is 0.0704. The molecule has 10 atom stereocenters. The summed E-state index contributed by atoms with van der Waals surface area (Å²) < 4.78 is 0. The van der Waals surface area contributed by atoms with Crippen LogP contribution in [-0.2, 0) is 0 Å². The summed E-state index contributed by atoms with van der Waals surface area (Å²) >= 11 is 0. The first kappa shape index (κ1) is 26.3. The number of rotatable bonds is 4. The summed E-state index contributed by atoms with van der Waals surface area (Å²) in [6.07, 6.45) is 39.9. The van der Waals surface area contributed by atoms with Crippen molar-refractivity contribution >= 4 is 0 Å². The van der Waals surface area contributed by atoms with Crippen molar-refractivity contribution in [1.29, 1.82) is 0 Å². The Morgan fingerprint density at radius 2 is 1.18 bits per heavy atom. The first-order chi connectivity index (χ1) is 18.8. The molecule has 1 nitrogen and oxygen atoms in total. The Kier molecular flexibility index (Phi) is 8.41. The highest BCUT2D eigenvalue weighted by Crippen LogP contribution is 2.51. The predicted molar refractivity (Wildman–Crippen MR) is 161 cm³/mol. The maximum atomic E-state index is 3.97. The van der Waals surface area contributed by atoms with Gasteiger partial charge in [0.1, 0.15) is 0 Å². The fourth-order valence-electron chi connectivity index (χ4n) is 11.4. The van der Waals surface area contributed by atoms with Gasteiger partial charge in [-0.2, -0.15) is 0 Å². The molecule has 6 aliphatic carbocycles. The number of hydrogen-bond donors (Lipinski definition) is 1. The van der Waals surface area contributed by atoms with Crippen LogP contribution >= 0.6 is 0 Å². The first-order valence-corrected chi connectivity index (χ1v) is 17.9. The van der Waals surface area contributed by atoms with E-state index in [1.807, 2.05) is 5.57 Å². The number of hydrogen-bond acceptors (Lipinski definition) is 1. The van der Waals surface area contributed by atoms with Gasteiger partial charge in [-0.15, -0.1) is 0 Å². The average Bonchev–Trinajstić information content (AvgIpc) is 3.01.